The van der Waals surface area contributed by atoms with Crippen molar-refractivity contribution in [2.24, 2.45) is 5.73 Å². The summed E-state index contributed by atoms with van der Waals surface area (Å²) < 4.78 is 0. The van der Waals surface area contributed by atoms with E-state index in [0.717, 1.165) is 36.0 Å². The molecule has 0 saturated carbocycles. The molecule has 1 aliphatic rings. The lowest BCUT2D eigenvalue weighted by molar-refractivity contribution is 0.1000. The molecule has 3 amide bonds. The molecule has 0 radical (unpaired) electrons. The second kappa shape index (κ2) is 8.89. The van der Waals surface area contributed by atoms with E-state index in [2.05, 4.69) is 34.0 Å². The van der Waals surface area contributed by atoms with Gasteiger partial charge in [-0.25, -0.2) is 14.8 Å². The smallest absolute Gasteiger partial charge is 0.317 e. The molecule has 8 heteroatoms. The first-order valence-electron chi connectivity index (χ1n) is 9.85. The molecule has 0 atom stereocenters. The van der Waals surface area contributed by atoms with E-state index in [0.29, 0.717) is 25.2 Å². The van der Waals surface area contributed by atoms with Crippen LogP contribution in [0.15, 0.2) is 30.3 Å². The summed E-state index contributed by atoms with van der Waals surface area (Å²) in [6, 6.07) is 8.85. The predicted octanol–water partition coefficient (Wildman–Crippen LogP) is 2.04. The maximum Gasteiger partial charge on any atom is 0.317 e. The second-order valence-electron chi connectivity index (χ2n) is 7.58. The van der Waals surface area contributed by atoms with Crippen molar-refractivity contribution in [3.05, 3.63) is 53.0 Å². The van der Waals surface area contributed by atoms with Crippen molar-refractivity contribution in [2.75, 3.05) is 31.1 Å². The number of primary amides is 1. The highest BCUT2D eigenvalue weighted by molar-refractivity contribution is 5.92. The number of carbonyl (C=O) groups excluding carboxylic acids is 2. The van der Waals surface area contributed by atoms with Crippen molar-refractivity contribution in [1.82, 2.24) is 20.2 Å². The Morgan fingerprint density at radius 3 is 2.52 bits per heavy atom. The number of nitrogens with zero attached hydrogens (tertiary/aromatic N) is 4. The Kier molecular flexibility index (Phi) is 6.31. The van der Waals surface area contributed by atoms with Gasteiger partial charge in [0, 0.05) is 56.0 Å². The van der Waals surface area contributed by atoms with Gasteiger partial charge in [-0.15, -0.1) is 0 Å². The number of aromatic nitrogens is 2. The van der Waals surface area contributed by atoms with Gasteiger partial charge in [-0.2, -0.15) is 0 Å². The molecule has 154 valence electrons. The number of carbonyl (C=O) groups is 2. The van der Waals surface area contributed by atoms with Gasteiger partial charge in [-0.1, -0.05) is 26.0 Å². The average Bonchev–Trinajstić information content (AvgIpc) is 2.71. The molecule has 3 N–H and O–H groups in total. The molecule has 1 saturated heterocycles. The summed E-state index contributed by atoms with van der Waals surface area (Å²) in [5, 5.41) is 2.91. The van der Waals surface area contributed by atoms with Crippen LogP contribution in [-0.4, -0.2) is 53.0 Å². The number of aryl methyl sites for hydroxylation is 1. The van der Waals surface area contributed by atoms with Gasteiger partial charge in [0.05, 0.1) is 0 Å². The van der Waals surface area contributed by atoms with Gasteiger partial charge in [0.1, 0.15) is 11.6 Å². The number of anilines is 1. The molecule has 0 spiro atoms. The van der Waals surface area contributed by atoms with Crippen LogP contribution in [0.25, 0.3) is 0 Å². The minimum Gasteiger partial charge on any atom is -0.366 e. The molecule has 0 bridgehead atoms. The van der Waals surface area contributed by atoms with Crippen molar-refractivity contribution in [1.29, 1.82) is 0 Å². The van der Waals surface area contributed by atoms with Crippen molar-refractivity contribution < 1.29 is 9.59 Å². The average molecular weight is 396 g/mol. The fraction of sp³-hybridized carbons (Fsp3) is 0.429. The quantitative estimate of drug-likeness (QED) is 0.805. The fourth-order valence-corrected chi connectivity index (χ4v) is 3.26. The number of urea groups is 1. The molecule has 1 aromatic heterocycles. The molecule has 1 aliphatic heterocycles. The zero-order chi connectivity index (χ0) is 21.0. The van der Waals surface area contributed by atoms with Crippen LogP contribution in [0.1, 0.15) is 47.2 Å². The molecular weight excluding hydrogens is 368 g/mol. The first kappa shape index (κ1) is 20.6. The van der Waals surface area contributed by atoms with Gasteiger partial charge < -0.3 is 20.9 Å². The molecule has 2 aromatic rings. The van der Waals surface area contributed by atoms with Crippen LogP contribution in [0.2, 0.25) is 0 Å². The molecule has 2 heterocycles. The van der Waals surface area contributed by atoms with Gasteiger partial charge in [0.15, 0.2) is 0 Å². The number of rotatable bonds is 5. The predicted molar refractivity (Wildman–Crippen MR) is 112 cm³/mol. The van der Waals surface area contributed by atoms with E-state index in [-0.39, 0.29) is 11.9 Å². The Bertz CT molecular complexity index is 890. The van der Waals surface area contributed by atoms with E-state index in [4.69, 9.17) is 5.73 Å². The molecule has 3 rings (SSSR count). The summed E-state index contributed by atoms with van der Waals surface area (Å²) in [4.78, 5) is 37.0. The van der Waals surface area contributed by atoms with Crippen molar-refractivity contribution in [3.63, 3.8) is 0 Å². The zero-order valence-electron chi connectivity index (χ0n) is 17.2. The Hall–Kier alpha value is -3.16. The number of nitrogens with one attached hydrogen (secondary N) is 1. The minimum absolute atomic E-state index is 0.115. The third-order valence-electron chi connectivity index (χ3n) is 4.92. The molecule has 1 aromatic carbocycles. The summed E-state index contributed by atoms with van der Waals surface area (Å²) in [5.74, 6) is 1.56. The van der Waals surface area contributed by atoms with Gasteiger partial charge in [-0.05, 0) is 24.6 Å². The van der Waals surface area contributed by atoms with Crippen LogP contribution in [0.3, 0.4) is 0 Å². The number of piperazine rings is 1. The minimum atomic E-state index is -0.477. The first-order chi connectivity index (χ1) is 13.8. The summed E-state index contributed by atoms with van der Waals surface area (Å²) in [6.07, 6.45) is 0. The van der Waals surface area contributed by atoms with Gasteiger partial charge in [0.25, 0.3) is 0 Å². The highest BCUT2D eigenvalue weighted by Gasteiger charge is 2.22. The van der Waals surface area contributed by atoms with Gasteiger partial charge in [0.2, 0.25) is 5.91 Å². The standard InChI is InChI=1S/C21H28N6O2/c1-14(2)20-24-15(3)11-18(25-20)26-7-9-27(10-8-26)21(29)23-13-16-5-4-6-17(12-16)19(22)28/h4-6,11-12,14H,7-10,13H2,1-3H3,(H2,22,28)(H,23,29). The Morgan fingerprint density at radius 2 is 1.86 bits per heavy atom. The van der Waals surface area contributed by atoms with Crippen molar-refractivity contribution in [2.45, 2.75) is 33.2 Å². The number of benzene rings is 1. The Labute approximate surface area is 171 Å². The van der Waals surface area contributed by atoms with Crippen LogP contribution in [0, 0.1) is 6.92 Å². The van der Waals surface area contributed by atoms with Crippen molar-refractivity contribution >= 4 is 17.8 Å². The summed E-state index contributed by atoms with van der Waals surface area (Å²) in [7, 11) is 0. The maximum absolute atomic E-state index is 12.5. The van der Waals surface area contributed by atoms with Gasteiger partial charge >= 0.3 is 6.03 Å². The molecule has 0 unspecified atom stereocenters. The lowest BCUT2D eigenvalue weighted by atomic mass is 10.1. The van der Waals surface area contributed by atoms with Crippen LogP contribution in [0.5, 0.6) is 0 Å². The largest absolute Gasteiger partial charge is 0.366 e. The highest BCUT2D eigenvalue weighted by Crippen LogP contribution is 2.18. The number of nitrogens with two attached hydrogens (primary N) is 1. The topological polar surface area (TPSA) is 104 Å². The molecule has 1 fully saturated rings. The molecule has 8 nitrogen and oxygen atoms in total. The summed E-state index contributed by atoms with van der Waals surface area (Å²) in [5.41, 5.74) is 7.53. The summed E-state index contributed by atoms with van der Waals surface area (Å²) in [6.45, 7) is 9.18. The SMILES string of the molecule is Cc1cc(N2CCN(C(=O)NCc3cccc(C(N)=O)c3)CC2)nc(C(C)C)n1. The molecular formula is C21H28N6O2. The van der Waals surface area contributed by atoms with Crippen LogP contribution in [-0.2, 0) is 6.54 Å². The van der Waals surface area contributed by atoms with Crippen molar-refractivity contribution in [3.8, 4) is 0 Å². The van der Waals surface area contributed by atoms with E-state index in [1.165, 1.54) is 0 Å². The van der Waals surface area contributed by atoms with E-state index < -0.39 is 5.91 Å². The third kappa shape index (κ3) is 5.22. The van der Waals surface area contributed by atoms with Crippen LogP contribution >= 0.6 is 0 Å². The lowest BCUT2D eigenvalue weighted by Gasteiger charge is -2.35. The monoisotopic (exact) mass is 396 g/mol. The van der Waals surface area contributed by atoms with E-state index in [1.807, 2.05) is 19.1 Å². The van der Waals surface area contributed by atoms with Crippen LogP contribution < -0.4 is 16.0 Å². The van der Waals surface area contributed by atoms with E-state index in [1.54, 1.807) is 23.1 Å². The second-order valence-corrected chi connectivity index (χ2v) is 7.58. The molecule has 0 aliphatic carbocycles. The number of hydrogen-bond acceptors (Lipinski definition) is 5. The van der Waals surface area contributed by atoms with Crippen LogP contribution in [0.4, 0.5) is 10.6 Å². The maximum atomic E-state index is 12.5. The van der Waals surface area contributed by atoms with E-state index in [9.17, 15) is 9.59 Å². The zero-order valence-corrected chi connectivity index (χ0v) is 17.2. The molecule has 29 heavy (non-hydrogen) atoms. The van der Waals surface area contributed by atoms with Gasteiger partial charge in [-0.3, -0.25) is 4.79 Å². The first-order valence-corrected chi connectivity index (χ1v) is 9.85. The third-order valence-corrected chi connectivity index (χ3v) is 4.92. The number of amides is 3. The lowest BCUT2D eigenvalue weighted by Crippen LogP contribution is -2.52. The number of hydrogen-bond donors (Lipinski definition) is 2. The summed E-state index contributed by atoms with van der Waals surface area (Å²) >= 11 is 0. The Balaban J connectivity index is 1.55. The highest BCUT2D eigenvalue weighted by atomic mass is 16.2. The Morgan fingerprint density at radius 1 is 1.14 bits per heavy atom. The fourth-order valence-electron chi connectivity index (χ4n) is 3.26. The van der Waals surface area contributed by atoms with E-state index >= 15 is 0 Å². The normalized spacial score (nSPS) is 14.2.